The van der Waals surface area contributed by atoms with Crippen LogP contribution in [0, 0.1) is 0 Å². The molecule has 0 fully saturated rings. The molecule has 0 radical (unpaired) electrons. The van der Waals surface area contributed by atoms with Crippen molar-refractivity contribution in [3.05, 3.63) is 90.0 Å². The molecule has 0 aliphatic rings. The van der Waals surface area contributed by atoms with Crippen molar-refractivity contribution < 1.29 is 9.53 Å². The van der Waals surface area contributed by atoms with Crippen LogP contribution >= 0.6 is 11.8 Å². The molecule has 4 aromatic rings. The van der Waals surface area contributed by atoms with Crippen LogP contribution in [0.15, 0.2) is 84.0 Å². The Morgan fingerprint density at radius 2 is 1.74 bits per heavy atom. The minimum Gasteiger partial charge on any atom is -0.383 e. The number of ether oxygens (including phenoxy) is 1. The summed E-state index contributed by atoms with van der Waals surface area (Å²) >= 11 is 1.44. The summed E-state index contributed by atoms with van der Waals surface area (Å²) in [6.45, 7) is 1.29. The van der Waals surface area contributed by atoms with E-state index in [-0.39, 0.29) is 11.7 Å². The average Bonchev–Trinajstić information content (AvgIpc) is 3.16. The molecule has 0 saturated carbocycles. The molecule has 0 bridgehead atoms. The summed E-state index contributed by atoms with van der Waals surface area (Å²) in [6.07, 6.45) is 0.775. The second kappa shape index (κ2) is 10.3. The summed E-state index contributed by atoms with van der Waals surface area (Å²) in [4.78, 5) is 17.4. The van der Waals surface area contributed by atoms with Crippen LogP contribution in [-0.2, 0) is 22.5 Å². The Labute approximate surface area is 186 Å². The standard InChI is InChI=1S/C25H25N3O2S/c1-30-16-15-28-23-14-8-7-13-22(23)27-25(28)31-18-24(29)26-21-12-6-5-11-20(21)17-19-9-3-2-4-10-19/h2-14H,15-18H2,1H3,(H,26,29). The first-order chi connectivity index (χ1) is 15.2. The van der Waals surface area contributed by atoms with Gasteiger partial charge < -0.3 is 14.6 Å². The van der Waals surface area contributed by atoms with E-state index in [1.54, 1.807) is 7.11 Å². The fourth-order valence-electron chi connectivity index (χ4n) is 3.49. The van der Waals surface area contributed by atoms with Gasteiger partial charge in [0.05, 0.1) is 23.4 Å². The molecule has 6 heteroatoms. The zero-order valence-electron chi connectivity index (χ0n) is 17.5. The van der Waals surface area contributed by atoms with E-state index in [4.69, 9.17) is 9.72 Å². The van der Waals surface area contributed by atoms with E-state index in [0.29, 0.717) is 13.2 Å². The van der Waals surface area contributed by atoms with E-state index >= 15 is 0 Å². The van der Waals surface area contributed by atoms with Crippen LogP contribution in [0.3, 0.4) is 0 Å². The Kier molecular flexibility index (Phi) is 7.02. The van der Waals surface area contributed by atoms with Crippen molar-refractivity contribution >= 4 is 34.4 Å². The molecule has 4 rings (SSSR count). The highest BCUT2D eigenvalue weighted by atomic mass is 32.2. The van der Waals surface area contributed by atoms with Crippen LogP contribution in [0.4, 0.5) is 5.69 Å². The van der Waals surface area contributed by atoms with Gasteiger partial charge in [0.1, 0.15) is 0 Å². The van der Waals surface area contributed by atoms with E-state index < -0.39 is 0 Å². The number of amides is 1. The Morgan fingerprint density at radius 3 is 2.58 bits per heavy atom. The molecule has 31 heavy (non-hydrogen) atoms. The minimum absolute atomic E-state index is 0.0455. The Balaban J connectivity index is 1.45. The van der Waals surface area contributed by atoms with Crippen molar-refractivity contribution in [3.8, 4) is 0 Å². The maximum atomic E-state index is 12.7. The lowest BCUT2D eigenvalue weighted by atomic mass is 10.0. The molecule has 3 aromatic carbocycles. The molecule has 1 amide bonds. The first-order valence-corrected chi connectivity index (χ1v) is 11.2. The first-order valence-electron chi connectivity index (χ1n) is 10.2. The van der Waals surface area contributed by atoms with E-state index in [1.165, 1.54) is 17.3 Å². The zero-order chi connectivity index (χ0) is 21.5. The summed E-state index contributed by atoms with van der Waals surface area (Å²) in [5.74, 6) is 0.242. The smallest absolute Gasteiger partial charge is 0.234 e. The number of imidazole rings is 1. The van der Waals surface area contributed by atoms with Gasteiger partial charge in [-0.15, -0.1) is 0 Å². The number of fused-ring (bicyclic) bond motifs is 1. The van der Waals surface area contributed by atoms with Crippen LogP contribution in [0.5, 0.6) is 0 Å². The fraction of sp³-hybridized carbons (Fsp3) is 0.200. The van der Waals surface area contributed by atoms with Crippen molar-refractivity contribution in [1.29, 1.82) is 0 Å². The molecule has 0 saturated heterocycles. The number of hydrogen-bond acceptors (Lipinski definition) is 4. The fourth-order valence-corrected chi connectivity index (χ4v) is 4.33. The number of carbonyl (C=O) groups is 1. The summed E-state index contributed by atoms with van der Waals surface area (Å²) in [5.41, 5.74) is 5.14. The number of methoxy groups -OCH3 is 1. The van der Waals surface area contributed by atoms with Gasteiger partial charge in [-0.1, -0.05) is 72.4 Å². The number of rotatable bonds is 9. The maximum absolute atomic E-state index is 12.7. The minimum atomic E-state index is -0.0455. The highest BCUT2D eigenvalue weighted by Crippen LogP contribution is 2.25. The molecule has 0 spiro atoms. The quantitative estimate of drug-likeness (QED) is 0.379. The van der Waals surface area contributed by atoms with Gasteiger partial charge in [0, 0.05) is 19.3 Å². The van der Waals surface area contributed by atoms with E-state index in [1.807, 2.05) is 60.7 Å². The molecular weight excluding hydrogens is 406 g/mol. The van der Waals surface area contributed by atoms with Crippen LogP contribution in [0.1, 0.15) is 11.1 Å². The molecule has 1 aromatic heterocycles. The number of benzene rings is 3. The Bertz CT molecular complexity index is 1160. The summed E-state index contributed by atoms with van der Waals surface area (Å²) < 4.78 is 7.36. The maximum Gasteiger partial charge on any atom is 0.234 e. The number of nitrogens with zero attached hydrogens (tertiary/aromatic N) is 2. The zero-order valence-corrected chi connectivity index (χ0v) is 18.3. The topological polar surface area (TPSA) is 56.1 Å². The van der Waals surface area contributed by atoms with Crippen LogP contribution in [0.25, 0.3) is 11.0 Å². The van der Waals surface area contributed by atoms with Crippen LogP contribution in [0.2, 0.25) is 0 Å². The third kappa shape index (κ3) is 5.34. The van der Waals surface area contributed by atoms with Crippen molar-refractivity contribution in [3.63, 3.8) is 0 Å². The summed E-state index contributed by atoms with van der Waals surface area (Å²) in [6, 6.07) is 26.2. The Hall–Kier alpha value is -3.09. The molecule has 5 nitrogen and oxygen atoms in total. The predicted octanol–water partition coefficient (Wildman–Crippen LogP) is 5.00. The van der Waals surface area contributed by atoms with Crippen molar-refractivity contribution in [1.82, 2.24) is 9.55 Å². The second-order valence-electron chi connectivity index (χ2n) is 7.18. The number of nitrogens with one attached hydrogen (secondary N) is 1. The normalized spacial score (nSPS) is 11.0. The van der Waals surface area contributed by atoms with Gasteiger partial charge in [0.15, 0.2) is 5.16 Å². The first kappa shape index (κ1) is 21.2. The highest BCUT2D eigenvalue weighted by molar-refractivity contribution is 7.99. The number of anilines is 1. The van der Waals surface area contributed by atoms with Gasteiger partial charge in [0.25, 0.3) is 0 Å². The number of aromatic nitrogens is 2. The van der Waals surface area contributed by atoms with Gasteiger partial charge in [-0.2, -0.15) is 0 Å². The lowest BCUT2D eigenvalue weighted by molar-refractivity contribution is -0.113. The third-order valence-corrected chi connectivity index (χ3v) is 5.98. The van der Waals surface area contributed by atoms with E-state index in [9.17, 15) is 4.79 Å². The summed E-state index contributed by atoms with van der Waals surface area (Å²) in [7, 11) is 1.69. The SMILES string of the molecule is COCCn1c(SCC(=O)Nc2ccccc2Cc2ccccc2)nc2ccccc21. The molecule has 0 aliphatic heterocycles. The second-order valence-corrected chi connectivity index (χ2v) is 8.13. The molecule has 0 atom stereocenters. The lowest BCUT2D eigenvalue weighted by Gasteiger charge is -2.12. The largest absolute Gasteiger partial charge is 0.383 e. The molecule has 1 N–H and O–H groups in total. The van der Waals surface area contributed by atoms with Crippen molar-refractivity contribution in [2.24, 2.45) is 0 Å². The van der Waals surface area contributed by atoms with E-state index in [2.05, 4.69) is 28.1 Å². The van der Waals surface area contributed by atoms with E-state index in [0.717, 1.165) is 33.9 Å². The van der Waals surface area contributed by atoms with Gasteiger partial charge in [-0.05, 0) is 35.7 Å². The monoisotopic (exact) mass is 431 g/mol. The highest BCUT2D eigenvalue weighted by Gasteiger charge is 2.14. The van der Waals surface area contributed by atoms with Gasteiger partial charge in [-0.3, -0.25) is 4.79 Å². The van der Waals surface area contributed by atoms with Crippen LogP contribution < -0.4 is 5.32 Å². The number of hydrogen-bond donors (Lipinski definition) is 1. The molecular formula is C25H25N3O2S. The predicted molar refractivity (Wildman–Crippen MR) is 127 cm³/mol. The molecule has 0 aliphatic carbocycles. The van der Waals surface area contributed by atoms with Crippen molar-refractivity contribution in [2.45, 2.75) is 18.1 Å². The van der Waals surface area contributed by atoms with Gasteiger partial charge >= 0.3 is 0 Å². The van der Waals surface area contributed by atoms with Gasteiger partial charge in [-0.25, -0.2) is 4.98 Å². The number of para-hydroxylation sites is 3. The lowest BCUT2D eigenvalue weighted by Crippen LogP contribution is -2.16. The molecule has 158 valence electrons. The average molecular weight is 432 g/mol. The molecule has 0 unspecified atom stereocenters. The molecule has 1 heterocycles. The Morgan fingerprint density at radius 1 is 1.00 bits per heavy atom. The number of thioether (sulfide) groups is 1. The van der Waals surface area contributed by atoms with Gasteiger partial charge in [0.2, 0.25) is 5.91 Å². The number of carbonyl (C=O) groups excluding carboxylic acids is 1. The third-order valence-electron chi connectivity index (χ3n) is 5.00. The summed E-state index contributed by atoms with van der Waals surface area (Å²) in [5, 5.41) is 3.90. The van der Waals surface area contributed by atoms with Crippen LogP contribution in [-0.4, -0.2) is 34.9 Å². The van der Waals surface area contributed by atoms with Crippen molar-refractivity contribution in [2.75, 3.05) is 24.8 Å².